The van der Waals surface area contributed by atoms with Crippen LogP contribution in [0.4, 0.5) is 0 Å². The maximum absolute atomic E-state index is 10.2. The fourth-order valence-electron chi connectivity index (χ4n) is 1.97. The molecule has 0 saturated heterocycles. The molecule has 0 saturated carbocycles. The van der Waals surface area contributed by atoms with Crippen LogP contribution in [0.25, 0.3) is 6.08 Å². The van der Waals surface area contributed by atoms with Crippen molar-refractivity contribution in [2.24, 2.45) is 0 Å². The van der Waals surface area contributed by atoms with E-state index in [9.17, 15) is 4.79 Å². The van der Waals surface area contributed by atoms with Gasteiger partial charge in [0.2, 0.25) is 0 Å². The third-order valence-electron chi connectivity index (χ3n) is 2.71. The van der Waals surface area contributed by atoms with E-state index in [0.717, 1.165) is 25.8 Å². The van der Waals surface area contributed by atoms with Gasteiger partial charge < -0.3 is 10.1 Å². The van der Waals surface area contributed by atoms with Gasteiger partial charge in [-0.25, -0.2) is 0 Å². The van der Waals surface area contributed by atoms with E-state index in [-0.39, 0.29) is 0 Å². The number of hydrogen-bond acceptors (Lipinski definition) is 2. The summed E-state index contributed by atoms with van der Waals surface area (Å²) in [5.41, 5.74) is 4.07. The summed E-state index contributed by atoms with van der Waals surface area (Å²) < 4.78 is 0. The third-order valence-corrected chi connectivity index (χ3v) is 2.71. The van der Waals surface area contributed by atoms with E-state index in [0.29, 0.717) is 6.42 Å². The fourth-order valence-corrected chi connectivity index (χ4v) is 1.97. The van der Waals surface area contributed by atoms with Crippen LogP contribution in [0.15, 0.2) is 24.3 Å². The lowest BCUT2D eigenvalue weighted by Crippen LogP contribution is -2.24. The van der Waals surface area contributed by atoms with Gasteiger partial charge >= 0.3 is 0 Å². The van der Waals surface area contributed by atoms with E-state index in [1.54, 1.807) is 0 Å². The van der Waals surface area contributed by atoms with Crippen molar-refractivity contribution in [1.82, 2.24) is 5.32 Å². The van der Waals surface area contributed by atoms with E-state index in [1.165, 1.54) is 16.7 Å². The molecule has 0 radical (unpaired) electrons. The van der Waals surface area contributed by atoms with Crippen LogP contribution in [0.3, 0.4) is 0 Å². The van der Waals surface area contributed by atoms with Crippen LogP contribution in [0, 0.1) is 0 Å². The summed E-state index contributed by atoms with van der Waals surface area (Å²) >= 11 is 0. The second-order valence-electron chi connectivity index (χ2n) is 3.72. The zero-order chi connectivity index (χ0) is 10.5. The summed E-state index contributed by atoms with van der Waals surface area (Å²) in [5, 5.41) is 3.36. The number of aldehydes is 1. The van der Waals surface area contributed by atoms with Crippen molar-refractivity contribution in [3.05, 3.63) is 41.0 Å². The molecule has 2 heteroatoms. The molecule has 78 valence electrons. The SMILES string of the molecule is O=CCC=Cc1cccc2c1CCNC2. The van der Waals surface area contributed by atoms with Gasteiger partial charge in [-0.05, 0) is 29.7 Å². The van der Waals surface area contributed by atoms with Crippen LogP contribution < -0.4 is 5.32 Å². The first-order valence-corrected chi connectivity index (χ1v) is 5.33. The molecule has 0 bridgehead atoms. The molecule has 0 unspecified atom stereocenters. The Morgan fingerprint density at radius 2 is 2.33 bits per heavy atom. The van der Waals surface area contributed by atoms with Crippen molar-refractivity contribution < 1.29 is 4.79 Å². The van der Waals surface area contributed by atoms with Crippen molar-refractivity contribution in [3.8, 4) is 0 Å². The quantitative estimate of drug-likeness (QED) is 0.757. The Morgan fingerprint density at radius 3 is 3.20 bits per heavy atom. The second-order valence-corrected chi connectivity index (χ2v) is 3.72. The van der Waals surface area contributed by atoms with E-state index in [2.05, 4.69) is 29.6 Å². The summed E-state index contributed by atoms with van der Waals surface area (Å²) in [6.07, 6.45) is 6.48. The Bertz CT molecular complexity index is 382. The smallest absolute Gasteiger partial charge is 0.123 e. The number of fused-ring (bicyclic) bond motifs is 1. The first kappa shape index (κ1) is 10.1. The van der Waals surface area contributed by atoms with Crippen LogP contribution in [0.5, 0.6) is 0 Å². The van der Waals surface area contributed by atoms with E-state index >= 15 is 0 Å². The highest BCUT2D eigenvalue weighted by Gasteiger charge is 2.10. The Hall–Kier alpha value is -1.41. The summed E-state index contributed by atoms with van der Waals surface area (Å²) in [6.45, 7) is 2.01. The van der Waals surface area contributed by atoms with Crippen LogP contribution in [0.1, 0.15) is 23.1 Å². The molecule has 1 aromatic carbocycles. The van der Waals surface area contributed by atoms with Crippen molar-refractivity contribution in [2.75, 3.05) is 6.54 Å². The highest BCUT2D eigenvalue weighted by atomic mass is 16.1. The first-order chi connectivity index (χ1) is 7.42. The molecule has 0 fully saturated rings. The number of carbonyl (C=O) groups excluding carboxylic acids is 1. The van der Waals surface area contributed by atoms with Gasteiger partial charge in [-0.15, -0.1) is 0 Å². The molecule has 15 heavy (non-hydrogen) atoms. The van der Waals surface area contributed by atoms with Crippen LogP contribution >= 0.6 is 0 Å². The summed E-state index contributed by atoms with van der Waals surface area (Å²) in [4.78, 5) is 10.2. The Labute approximate surface area is 90.0 Å². The molecule has 0 spiro atoms. The van der Waals surface area contributed by atoms with Gasteiger partial charge in [-0.3, -0.25) is 0 Å². The molecule has 0 aliphatic carbocycles. The summed E-state index contributed by atoms with van der Waals surface area (Å²) in [7, 11) is 0. The minimum Gasteiger partial charge on any atom is -0.312 e. The molecule has 2 rings (SSSR count). The van der Waals surface area contributed by atoms with Crippen molar-refractivity contribution in [1.29, 1.82) is 0 Å². The van der Waals surface area contributed by atoms with Crippen LogP contribution in [-0.4, -0.2) is 12.8 Å². The zero-order valence-electron chi connectivity index (χ0n) is 8.70. The molecule has 1 heterocycles. The Balaban J connectivity index is 2.26. The second kappa shape index (κ2) is 4.89. The molecule has 0 aromatic heterocycles. The lowest BCUT2D eigenvalue weighted by molar-refractivity contribution is -0.107. The van der Waals surface area contributed by atoms with Crippen molar-refractivity contribution in [2.45, 2.75) is 19.4 Å². The molecule has 1 aliphatic heterocycles. The molecular weight excluding hydrogens is 186 g/mol. The monoisotopic (exact) mass is 201 g/mol. The number of carbonyl (C=O) groups is 1. The van der Waals surface area contributed by atoms with Gasteiger partial charge in [0, 0.05) is 13.0 Å². The van der Waals surface area contributed by atoms with Gasteiger partial charge in [0.1, 0.15) is 6.29 Å². The van der Waals surface area contributed by atoms with Gasteiger partial charge in [0.05, 0.1) is 0 Å². The number of nitrogens with one attached hydrogen (secondary N) is 1. The molecule has 1 N–H and O–H groups in total. The van der Waals surface area contributed by atoms with Gasteiger partial charge in [0.15, 0.2) is 0 Å². The number of rotatable bonds is 3. The zero-order valence-corrected chi connectivity index (χ0v) is 8.70. The molecule has 2 nitrogen and oxygen atoms in total. The standard InChI is InChI=1S/C13H15NO/c15-9-2-1-4-11-5-3-6-12-10-14-8-7-13(11)12/h1,3-6,9,14H,2,7-8,10H2. The molecule has 0 amide bonds. The van der Waals surface area contributed by atoms with Crippen molar-refractivity contribution in [3.63, 3.8) is 0 Å². The van der Waals surface area contributed by atoms with E-state index in [4.69, 9.17) is 0 Å². The van der Waals surface area contributed by atoms with Gasteiger partial charge in [0.25, 0.3) is 0 Å². The lowest BCUT2D eigenvalue weighted by atomic mass is 9.95. The van der Waals surface area contributed by atoms with Crippen LogP contribution in [0.2, 0.25) is 0 Å². The molecular formula is C13H15NO. The highest BCUT2D eigenvalue weighted by molar-refractivity contribution is 5.61. The highest BCUT2D eigenvalue weighted by Crippen LogP contribution is 2.19. The minimum atomic E-state index is 0.502. The summed E-state index contributed by atoms with van der Waals surface area (Å²) in [6, 6.07) is 6.36. The maximum Gasteiger partial charge on any atom is 0.123 e. The van der Waals surface area contributed by atoms with Crippen molar-refractivity contribution >= 4 is 12.4 Å². The van der Waals surface area contributed by atoms with Crippen LogP contribution in [-0.2, 0) is 17.8 Å². The average molecular weight is 201 g/mol. The van der Waals surface area contributed by atoms with E-state index < -0.39 is 0 Å². The molecule has 1 aromatic rings. The fraction of sp³-hybridized carbons (Fsp3) is 0.308. The Kier molecular flexibility index (Phi) is 3.30. The first-order valence-electron chi connectivity index (χ1n) is 5.33. The number of hydrogen-bond donors (Lipinski definition) is 1. The summed E-state index contributed by atoms with van der Waals surface area (Å²) in [5.74, 6) is 0. The maximum atomic E-state index is 10.2. The number of benzene rings is 1. The molecule has 1 aliphatic rings. The lowest BCUT2D eigenvalue weighted by Gasteiger charge is -2.18. The van der Waals surface area contributed by atoms with Gasteiger partial charge in [-0.1, -0.05) is 30.4 Å². The normalized spacial score (nSPS) is 15.2. The molecule has 0 atom stereocenters. The Morgan fingerprint density at radius 1 is 1.40 bits per heavy atom. The minimum absolute atomic E-state index is 0.502. The predicted octanol–water partition coefficient (Wildman–Crippen LogP) is 1.93. The van der Waals surface area contributed by atoms with Gasteiger partial charge in [-0.2, -0.15) is 0 Å². The predicted molar refractivity (Wildman–Crippen MR) is 61.6 cm³/mol. The number of allylic oxidation sites excluding steroid dienone is 1. The van der Waals surface area contributed by atoms with E-state index in [1.807, 2.05) is 6.08 Å². The topological polar surface area (TPSA) is 29.1 Å². The largest absolute Gasteiger partial charge is 0.312 e. The third kappa shape index (κ3) is 2.34. The average Bonchev–Trinajstić information content (AvgIpc) is 2.30.